The summed E-state index contributed by atoms with van der Waals surface area (Å²) in [6, 6.07) is 9.30. The molecule has 1 heterocycles. The molecule has 2 rings (SSSR count). The minimum absolute atomic E-state index is 0.334. The monoisotopic (exact) mass is 294 g/mol. The topological polar surface area (TPSA) is 24.5 Å². The van der Waals surface area contributed by atoms with E-state index in [9.17, 15) is 0 Å². The highest BCUT2D eigenvalue weighted by atomic mass is 32.2. The van der Waals surface area contributed by atoms with E-state index in [4.69, 9.17) is 4.74 Å². The molecule has 1 fully saturated rings. The first-order valence-electron chi connectivity index (χ1n) is 7.51. The Morgan fingerprint density at radius 1 is 1.40 bits per heavy atom. The molecule has 1 aromatic rings. The third kappa shape index (κ3) is 3.68. The molecule has 112 valence electrons. The van der Waals surface area contributed by atoms with Gasteiger partial charge >= 0.3 is 0 Å². The maximum Gasteiger partial charge on any atom is 0.124 e. The molecule has 20 heavy (non-hydrogen) atoms. The van der Waals surface area contributed by atoms with Crippen LogP contribution in [0.2, 0.25) is 0 Å². The summed E-state index contributed by atoms with van der Waals surface area (Å²) in [5, 5.41) is 3.66. The predicted molar refractivity (Wildman–Crippen MR) is 87.8 cm³/mol. The quantitative estimate of drug-likeness (QED) is 0.872. The van der Waals surface area contributed by atoms with E-state index in [0.29, 0.717) is 18.7 Å². The zero-order chi connectivity index (χ0) is 14.4. The van der Waals surface area contributed by atoms with Crippen LogP contribution in [0.1, 0.15) is 25.5 Å². The van der Waals surface area contributed by atoms with Crippen molar-refractivity contribution < 1.29 is 4.74 Å². The number of nitrogens with one attached hydrogen (secondary N) is 1. The number of para-hydroxylation sites is 1. The maximum atomic E-state index is 5.83. The third-order valence-electron chi connectivity index (χ3n) is 3.81. The molecule has 0 aromatic heterocycles. The molecule has 0 saturated carbocycles. The summed E-state index contributed by atoms with van der Waals surface area (Å²) in [6.45, 7) is 7.06. The van der Waals surface area contributed by atoms with Gasteiger partial charge in [-0.25, -0.2) is 0 Å². The van der Waals surface area contributed by atoms with Crippen LogP contribution in [0.3, 0.4) is 0 Å². The molecule has 1 aromatic carbocycles. The highest BCUT2D eigenvalue weighted by Gasteiger charge is 2.30. The molecular weight excluding hydrogens is 268 g/mol. The predicted octanol–water partition coefficient (Wildman–Crippen LogP) is 2.78. The lowest BCUT2D eigenvalue weighted by Gasteiger charge is -2.38. The molecule has 0 spiro atoms. The van der Waals surface area contributed by atoms with Crippen molar-refractivity contribution in [2.24, 2.45) is 0 Å². The van der Waals surface area contributed by atoms with Gasteiger partial charge in [-0.1, -0.05) is 25.1 Å². The first-order chi connectivity index (χ1) is 9.77. The smallest absolute Gasteiger partial charge is 0.124 e. The van der Waals surface area contributed by atoms with Crippen molar-refractivity contribution in [3.8, 4) is 5.75 Å². The first kappa shape index (κ1) is 15.7. The molecule has 1 aliphatic heterocycles. The van der Waals surface area contributed by atoms with Crippen LogP contribution in [-0.4, -0.2) is 49.2 Å². The molecular formula is C16H26N2OS. The summed E-state index contributed by atoms with van der Waals surface area (Å²) in [7, 11) is 2.23. The summed E-state index contributed by atoms with van der Waals surface area (Å²) in [4.78, 5) is 2.48. The van der Waals surface area contributed by atoms with Crippen LogP contribution in [0.15, 0.2) is 24.3 Å². The summed E-state index contributed by atoms with van der Waals surface area (Å²) in [5.41, 5.74) is 1.29. The fourth-order valence-electron chi connectivity index (χ4n) is 2.75. The van der Waals surface area contributed by atoms with E-state index in [1.165, 1.54) is 17.1 Å². The standard InChI is InChI=1S/C16H26N2OS/c1-4-17-16(14-12-20-11-10-18(14)3)13-8-6-7-9-15(13)19-5-2/h6-9,14,16-17H,4-5,10-12H2,1-3H3. The molecule has 2 atom stereocenters. The Kier molecular flexibility index (Phi) is 6.20. The number of nitrogens with zero attached hydrogens (tertiary/aromatic N) is 1. The van der Waals surface area contributed by atoms with Crippen LogP contribution in [0.5, 0.6) is 5.75 Å². The molecule has 0 amide bonds. The molecule has 4 heteroatoms. The van der Waals surface area contributed by atoms with E-state index in [1.54, 1.807) is 0 Å². The van der Waals surface area contributed by atoms with Gasteiger partial charge in [-0.05, 0) is 26.6 Å². The van der Waals surface area contributed by atoms with Gasteiger partial charge in [0.2, 0.25) is 0 Å². The lowest BCUT2D eigenvalue weighted by Crippen LogP contribution is -2.47. The first-order valence-corrected chi connectivity index (χ1v) is 8.66. The largest absolute Gasteiger partial charge is 0.494 e. The number of thioether (sulfide) groups is 1. The van der Waals surface area contributed by atoms with Crippen molar-refractivity contribution in [2.75, 3.05) is 38.2 Å². The van der Waals surface area contributed by atoms with E-state index in [0.717, 1.165) is 18.8 Å². The Hall–Kier alpha value is -0.710. The average molecular weight is 294 g/mol. The Bertz CT molecular complexity index is 413. The molecule has 1 saturated heterocycles. The molecule has 0 aliphatic carbocycles. The minimum atomic E-state index is 0.334. The van der Waals surface area contributed by atoms with Gasteiger partial charge in [-0.3, -0.25) is 4.90 Å². The summed E-state index contributed by atoms with van der Waals surface area (Å²) < 4.78 is 5.83. The van der Waals surface area contributed by atoms with Gasteiger partial charge in [-0.15, -0.1) is 0 Å². The lowest BCUT2D eigenvalue weighted by atomic mass is 9.98. The van der Waals surface area contributed by atoms with Gasteiger partial charge in [0.15, 0.2) is 0 Å². The van der Waals surface area contributed by atoms with Crippen molar-refractivity contribution in [1.29, 1.82) is 0 Å². The van der Waals surface area contributed by atoms with Crippen molar-refractivity contribution in [3.63, 3.8) is 0 Å². The number of benzene rings is 1. The summed E-state index contributed by atoms with van der Waals surface area (Å²) in [6.07, 6.45) is 0. The van der Waals surface area contributed by atoms with E-state index in [1.807, 2.05) is 6.92 Å². The maximum absolute atomic E-state index is 5.83. The van der Waals surface area contributed by atoms with E-state index < -0.39 is 0 Å². The normalized spacial score (nSPS) is 21.6. The van der Waals surface area contributed by atoms with Gasteiger partial charge < -0.3 is 10.1 Å². The number of ether oxygens (including phenoxy) is 1. The molecule has 0 bridgehead atoms. The van der Waals surface area contributed by atoms with Crippen LogP contribution in [0, 0.1) is 0 Å². The van der Waals surface area contributed by atoms with Gasteiger partial charge in [0.25, 0.3) is 0 Å². The molecule has 1 aliphatic rings. The Morgan fingerprint density at radius 2 is 2.20 bits per heavy atom. The zero-order valence-electron chi connectivity index (χ0n) is 12.8. The number of hydrogen-bond donors (Lipinski definition) is 1. The summed E-state index contributed by atoms with van der Waals surface area (Å²) >= 11 is 2.05. The van der Waals surface area contributed by atoms with Gasteiger partial charge in [0.05, 0.1) is 12.6 Å². The van der Waals surface area contributed by atoms with Crippen molar-refractivity contribution in [2.45, 2.75) is 25.9 Å². The van der Waals surface area contributed by atoms with E-state index in [-0.39, 0.29) is 0 Å². The molecule has 1 N–H and O–H groups in total. The average Bonchev–Trinajstić information content (AvgIpc) is 2.47. The van der Waals surface area contributed by atoms with Crippen molar-refractivity contribution in [3.05, 3.63) is 29.8 Å². The Labute approximate surface area is 127 Å². The highest BCUT2D eigenvalue weighted by Crippen LogP contribution is 2.32. The minimum Gasteiger partial charge on any atom is -0.494 e. The molecule has 0 radical (unpaired) electrons. The second-order valence-corrected chi connectivity index (χ2v) is 6.28. The van der Waals surface area contributed by atoms with E-state index >= 15 is 0 Å². The van der Waals surface area contributed by atoms with Gasteiger partial charge in [-0.2, -0.15) is 11.8 Å². The Morgan fingerprint density at radius 3 is 2.90 bits per heavy atom. The second kappa shape index (κ2) is 7.91. The van der Waals surface area contributed by atoms with Crippen molar-refractivity contribution >= 4 is 11.8 Å². The van der Waals surface area contributed by atoms with Gasteiger partial charge in [0, 0.05) is 29.7 Å². The fraction of sp³-hybridized carbons (Fsp3) is 0.625. The van der Waals surface area contributed by atoms with Crippen LogP contribution in [0.4, 0.5) is 0 Å². The number of hydrogen-bond acceptors (Lipinski definition) is 4. The van der Waals surface area contributed by atoms with Crippen LogP contribution in [0.25, 0.3) is 0 Å². The Balaban J connectivity index is 2.27. The third-order valence-corrected chi connectivity index (χ3v) is 4.85. The van der Waals surface area contributed by atoms with Crippen LogP contribution >= 0.6 is 11.8 Å². The highest BCUT2D eigenvalue weighted by molar-refractivity contribution is 7.99. The second-order valence-electron chi connectivity index (χ2n) is 5.13. The van der Waals surface area contributed by atoms with Crippen LogP contribution < -0.4 is 10.1 Å². The van der Waals surface area contributed by atoms with E-state index in [2.05, 4.69) is 60.2 Å². The molecule has 2 unspecified atom stereocenters. The zero-order valence-corrected chi connectivity index (χ0v) is 13.6. The van der Waals surface area contributed by atoms with Crippen LogP contribution in [-0.2, 0) is 0 Å². The fourth-order valence-corrected chi connectivity index (χ4v) is 4.03. The summed E-state index contributed by atoms with van der Waals surface area (Å²) in [5.74, 6) is 3.43. The number of rotatable bonds is 6. The SMILES string of the molecule is CCNC(c1ccccc1OCC)C1CSCCN1C. The molecule has 3 nitrogen and oxygen atoms in total. The lowest BCUT2D eigenvalue weighted by molar-refractivity contribution is 0.213. The van der Waals surface area contributed by atoms with Crippen molar-refractivity contribution in [1.82, 2.24) is 10.2 Å². The van der Waals surface area contributed by atoms with Gasteiger partial charge in [0.1, 0.15) is 5.75 Å². The number of likely N-dealkylation sites (N-methyl/N-ethyl adjacent to an activating group) is 2.